The van der Waals surface area contributed by atoms with Crippen molar-refractivity contribution in [1.82, 2.24) is 0 Å². The van der Waals surface area contributed by atoms with Gasteiger partial charge in [0.25, 0.3) is 0 Å². The van der Waals surface area contributed by atoms with Gasteiger partial charge in [0.15, 0.2) is 0 Å². The lowest BCUT2D eigenvalue weighted by molar-refractivity contribution is -0.137. The van der Waals surface area contributed by atoms with Crippen LogP contribution in [0.3, 0.4) is 0 Å². The van der Waals surface area contributed by atoms with Crippen LogP contribution in [-0.4, -0.2) is 38.1 Å². The van der Waals surface area contributed by atoms with E-state index in [2.05, 4.69) is 27.3 Å². The number of carbonyl (C=O) groups is 1. The largest absolute Gasteiger partial charge is 0.726 e. The van der Waals surface area contributed by atoms with Gasteiger partial charge in [-0.05, 0) is 5.56 Å². The summed E-state index contributed by atoms with van der Waals surface area (Å²) < 4.78 is 38.7. The molecule has 142 valence electrons. The molecule has 0 spiro atoms. The fraction of sp³-hybridized carbons (Fsp3) is 0.278. The van der Waals surface area contributed by atoms with Crippen LogP contribution < -0.4 is 0 Å². The van der Waals surface area contributed by atoms with Crippen molar-refractivity contribution in [2.45, 2.75) is 12.4 Å². The summed E-state index contributed by atoms with van der Waals surface area (Å²) in [5, 5.41) is 0. The first kappa shape index (κ1) is 22.2. The Morgan fingerprint density at radius 1 is 1.00 bits per heavy atom. The van der Waals surface area contributed by atoms with Crippen molar-refractivity contribution in [2.24, 2.45) is 0 Å². The van der Waals surface area contributed by atoms with E-state index in [0.717, 1.165) is 5.75 Å². The molecule has 0 bridgehead atoms. The Morgan fingerprint density at radius 2 is 1.50 bits per heavy atom. The van der Waals surface area contributed by atoms with E-state index < -0.39 is 10.4 Å². The molecule has 26 heavy (non-hydrogen) atoms. The molecule has 0 radical (unpaired) electrons. The summed E-state index contributed by atoms with van der Waals surface area (Å²) in [6.45, 7) is -0.202. The molecule has 2 rings (SSSR count). The zero-order valence-corrected chi connectivity index (χ0v) is 16.3. The average Bonchev–Trinajstić information content (AvgIpc) is 2.61. The van der Waals surface area contributed by atoms with Gasteiger partial charge < -0.3 is 9.29 Å². The minimum Gasteiger partial charge on any atom is -0.726 e. The summed E-state index contributed by atoms with van der Waals surface area (Å²) in [5.41, 5.74) is 1.93. The van der Waals surface area contributed by atoms with Crippen molar-refractivity contribution in [3.05, 3.63) is 71.8 Å². The van der Waals surface area contributed by atoms with Gasteiger partial charge >= 0.3 is 5.97 Å². The van der Waals surface area contributed by atoms with Gasteiger partial charge in [0.05, 0.1) is 20.0 Å². The molecule has 0 amide bonds. The van der Waals surface area contributed by atoms with Crippen LogP contribution in [0.2, 0.25) is 0 Å². The van der Waals surface area contributed by atoms with Crippen LogP contribution >= 0.6 is 0 Å². The number of carbonyl (C=O) groups excluding carboxylic acids is 1. The Morgan fingerprint density at radius 3 is 1.96 bits per heavy atom. The molecule has 0 aromatic heterocycles. The van der Waals surface area contributed by atoms with Crippen LogP contribution in [0.1, 0.15) is 11.1 Å². The smallest absolute Gasteiger partial charge is 0.355 e. The van der Waals surface area contributed by atoms with Gasteiger partial charge in [0, 0.05) is 16.5 Å². The maximum absolute atomic E-state index is 11.0. The first-order chi connectivity index (χ1) is 12.3. The molecule has 0 aliphatic rings. The number of methoxy groups -OCH3 is 1. The number of ether oxygens (including phenoxy) is 1. The third-order valence-electron chi connectivity index (χ3n) is 3.06. The summed E-state index contributed by atoms with van der Waals surface area (Å²) in [6, 6.07) is 18.8. The molecule has 8 heteroatoms. The van der Waals surface area contributed by atoms with E-state index >= 15 is 0 Å². The molecular formula is C18H22O6S2. The van der Waals surface area contributed by atoms with Crippen LogP contribution in [0.25, 0.3) is 0 Å². The maximum Gasteiger partial charge on any atom is 0.355 e. The molecule has 0 N–H and O–H groups in total. The Bertz CT molecular complexity index is 748. The number of benzene rings is 2. The van der Waals surface area contributed by atoms with Crippen molar-refractivity contribution < 1.29 is 26.7 Å². The highest BCUT2D eigenvalue weighted by atomic mass is 32.3. The van der Waals surface area contributed by atoms with E-state index in [0.29, 0.717) is 11.3 Å². The summed E-state index contributed by atoms with van der Waals surface area (Å²) in [4.78, 5) is 11.0. The number of rotatable bonds is 7. The third-order valence-corrected chi connectivity index (χ3v) is 5.02. The lowest BCUT2D eigenvalue weighted by atomic mass is 10.2. The first-order valence-electron chi connectivity index (χ1n) is 7.64. The summed E-state index contributed by atoms with van der Waals surface area (Å²) in [6.07, 6.45) is 2.09. The van der Waals surface area contributed by atoms with Crippen molar-refractivity contribution in [1.29, 1.82) is 0 Å². The van der Waals surface area contributed by atoms with Gasteiger partial charge in [-0.3, -0.25) is 4.18 Å². The zero-order valence-electron chi connectivity index (χ0n) is 14.7. The SMILES string of the molecule is COC(=O)C[S+](C)Cc1ccccc1.O=S(=O)([O-])OCc1ccccc1. The molecule has 0 heterocycles. The summed E-state index contributed by atoms with van der Waals surface area (Å²) >= 11 is 0. The average molecular weight is 399 g/mol. The van der Waals surface area contributed by atoms with Gasteiger partial charge in [-0.15, -0.1) is 0 Å². The van der Waals surface area contributed by atoms with Crippen molar-refractivity contribution in [3.63, 3.8) is 0 Å². The molecule has 2 aromatic rings. The van der Waals surface area contributed by atoms with Crippen LogP contribution in [0.4, 0.5) is 0 Å². The van der Waals surface area contributed by atoms with Gasteiger partial charge in [0.1, 0.15) is 5.75 Å². The lowest BCUT2D eigenvalue weighted by Crippen LogP contribution is -2.17. The van der Waals surface area contributed by atoms with Crippen molar-refractivity contribution in [2.75, 3.05) is 19.1 Å². The Kier molecular flexibility index (Phi) is 9.97. The number of hydrogen-bond acceptors (Lipinski definition) is 6. The van der Waals surface area contributed by atoms with Gasteiger partial charge in [-0.25, -0.2) is 13.2 Å². The lowest BCUT2D eigenvalue weighted by Gasteiger charge is -2.06. The fourth-order valence-electron chi connectivity index (χ4n) is 1.88. The van der Waals surface area contributed by atoms with E-state index in [-0.39, 0.29) is 23.5 Å². The van der Waals surface area contributed by atoms with Crippen LogP contribution in [0.5, 0.6) is 0 Å². The second-order valence-corrected chi connectivity index (χ2v) is 8.48. The van der Waals surface area contributed by atoms with Gasteiger partial charge in [0.2, 0.25) is 16.2 Å². The second-order valence-electron chi connectivity index (χ2n) is 5.29. The highest BCUT2D eigenvalue weighted by Crippen LogP contribution is 2.06. The Balaban J connectivity index is 0.000000263. The van der Waals surface area contributed by atoms with Crippen molar-refractivity contribution >= 4 is 27.3 Å². The predicted octanol–water partition coefficient (Wildman–Crippen LogP) is 2.27. The highest BCUT2D eigenvalue weighted by Gasteiger charge is 2.17. The molecule has 0 aliphatic heterocycles. The van der Waals surface area contributed by atoms with E-state index in [1.54, 1.807) is 30.3 Å². The highest BCUT2D eigenvalue weighted by molar-refractivity contribution is 7.96. The number of esters is 1. The van der Waals surface area contributed by atoms with Crippen LogP contribution in [-0.2, 0) is 47.4 Å². The minimum absolute atomic E-state index is 0.0745. The van der Waals surface area contributed by atoms with E-state index in [4.69, 9.17) is 0 Å². The van der Waals surface area contributed by atoms with Gasteiger partial charge in [-0.2, -0.15) is 0 Å². The molecule has 0 saturated carbocycles. The van der Waals surface area contributed by atoms with Gasteiger partial charge in [-0.1, -0.05) is 60.7 Å². The van der Waals surface area contributed by atoms with Crippen LogP contribution in [0.15, 0.2) is 60.7 Å². The molecule has 0 fully saturated rings. The second kappa shape index (κ2) is 11.7. The topological polar surface area (TPSA) is 92.7 Å². The summed E-state index contributed by atoms with van der Waals surface area (Å²) in [5.74, 6) is 1.35. The monoisotopic (exact) mass is 398 g/mol. The predicted molar refractivity (Wildman–Crippen MR) is 101 cm³/mol. The first-order valence-corrected chi connectivity index (χ1v) is 10.9. The molecule has 2 aromatic carbocycles. The standard InChI is InChI=1S/C11H15O2S.C7H8O4S/c1-13-11(12)9-14(2)8-10-6-4-3-5-7-10;8-12(9,10)11-6-7-4-2-1-3-5-7/h3-7H,8-9H2,1-2H3;1-5H,6H2,(H,8,9,10)/q+1;/p-1. The van der Waals surface area contributed by atoms with E-state index in [1.165, 1.54) is 12.7 Å². The Labute approximate surface area is 157 Å². The molecular weight excluding hydrogens is 376 g/mol. The zero-order chi connectivity index (χ0) is 19.4. The third kappa shape index (κ3) is 10.9. The molecule has 0 saturated heterocycles. The van der Waals surface area contributed by atoms with E-state index in [1.807, 2.05) is 18.2 Å². The van der Waals surface area contributed by atoms with Crippen molar-refractivity contribution in [3.8, 4) is 0 Å². The molecule has 0 aliphatic carbocycles. The Hall–Kier alpha value is -1.87. The molecule has 1 unspecified atom stereocenters. The maximum atomic E-state index is 11.0. The molecule has 6 nitrogen and oxygen atoms in total. The molecule has 1 atom stereocenters. The number of hydrogen-bond donors (Lipinski definition) is 0. The summed E-state index contributed by atoms with van der Waals surface area (Å²) in [7, 11) is -3.07. The quantitative estimate of drug-likeness (QED) is 0.307. The fourth-order valence-corrected chi connectivity index (χ4v) is 3.55. The van der Waals surface area contributed by atoms with E-state index in [9.17, 15) is 17.8 Å². The van der Waals surface area contributed by atoms with Crippen LogP contribution in [0, 0.1) is 0 Å². The normalized spacial score (nSPS) is 11.8. The minimum atomic E-state index is -4.57.